The molecule has 0 aromatic carbocycles. The van der Waals surface area contributed by atoms with Crippen LogP contribution in [0.2, 0.25) is 0 Å². The average molecular weight is 269 g/mol. The van der Waals surface area contributed by atoms with Crippen LogP contribution in [0.15, 0.2) is 0 Å². The van der Waals surface area contributed by atoms with E-state index in [0.29, 0.717) is 25.6 Å². The second-order valence-electron chi connectivity index (χ2n) is 5.24. The molecule has 0 saturated carbocycles. The van der Waals surface area contributed by atoms with Crippen LogP contribution in [0.3, 0.4) is 0 Å². The molecule has 0 N–H and O–H groups in total. The third-order valence-electron chi connectivity index (χ3n) is 4.21. The molecule has 0 aliphatic carbocycles. The molecule has 0 spiro atoms. The molecule has 3 rings (SSSR count). The topological polar surface area (TPSA) is 55.8 Å². The Hall–Kier alpha value is -1.10. The van der Waals surface area contributed by atoms with Crippen molar-refractivity contribution in [3.05, 3.63) is 0 Å². The van der Waals surface area contributed by atoms with E-state index < -0.39 is 0 Å². The second kappa shape index (κ2) is 6.37. The van der Waals surface area contributed by atoms with Gasteiger partial charge in [0.2, 0.25) is 0 Å². The number of carbonyl (C=O) groups is 2. The monoisotopic (exact) mass is 269 g/mol. The fourth-order valence-corrected chi connectivity index (χ4v) is 3.40. The van der Waals surface area contributed by atoms with Gasteiger partial charge in [0.1, 0.15) is 6.04 Å². The predicted octanol–water partition coefficient (Wildman–Crippen LogP) is 1.21. The number of fused-ring (bicyclic) bond motifs is 3. The molecule has 19 heavy (non-hydrogen) atoms. The van der Waals surface area contributed by atoms with Gasteiger partial charge in [-0.3, -0.25) is 14.5 Å². The molecule has 5 nitrogen and oxygen atoms in total. The maximum Gasteiger partial charge on any atom is 0.323 e. The molecule has 3 heterocycles. The van der Waals surface area contributed by atoms with Crippen molar-refractivity contribution >= 4 is 11.9 Å². The highest BCUT2D eigenvalue weighted by molar-refractivity contribution is 5.78. The second-order valence-corrected chi connectivity index (χ2v) is 5.24. The zero-order valence-electron chi connectivity index (χ0n) is 11.8. The van der Waals surface area contributed by atoms with Crippen molar-refractivity contribution in [1.82, 2.24) is 4.90 Å². The number of esters is 2. The Kier molecular flexibility index (Phi) is 4.80. The summed E-state index contributed by atoms with van der Waals surface area (Å²) in [7, 11) is 0. The first-order valence-corrected chi connectivity index (χ1v) is 7.23. The first-order chi connectivity index (χ1) is 9.17. The van der Waals surface area contributed by atoms with Crippen LogP contribution in [0.1, 0.15) is 33.1 Å². The SMILES string of the molecule is CCOC(=O)CC1C2CCN(CC2)C1C(=O)OCC. The minimum atomic E-state index is -0.253. The van der Waals surface area contributed by atoms with Crippen molar-refractivity contribution in [1.29, 1.82) is 0 Å². The summed E-state index contributed by atoms with van der Waals surface area (Å²) >= 11 is 0. The molecule has 108 valence electrons. The highest BCUT2D eigenvalue weighted by atomic mass is 16.5. The fraction of sp³-hybridized carbons (Fsp3) is 0.857. The summed E-state index contributed by atoms with van der Waals surface area (Å²) in [4.78, 5) is 26.0. The van der Waals surface area contributed by atoms with Gasteiger partial charge in [0, 0.05) is 0 Å². The summed E-state index contributed by atoms with van der Waals surface area (Å²) in [6.45, 7) is 6.27. The largest absolute Gasteiger partial charge is 0.466 e. The highest BCUT2D eigenvalue weighted by Crippen LogP contribution is 2.39. The van der Waals surface area contributed by atoms with Crippen molar-refractivity contribution in [3.8, 4) is 0 Å². The van der Waals surface area contributed by atoms with E-state index in [1.54, 1.807) is 6.92 Å². The molecule has 3 aliphatic rings. The number of rotatable bonds is 5. The average Bonchev–Trinajstić information content (AvgIpc) is 2.40. The van der Waals surface area contributed by atoms with Crippen LogP contribution < -0.4 is 0 Å². The van der Waals surface area contributed by atoms with Gasteiger partial charge < -0.3 is 9.47 Å². The van der Waals surface area contributed by atoms with Gasteiger partial charge in [-0.2, -0.15) is 0 Å². The van der Waals surface area contributed by atoms with E-state index in [1.165, 1.54) is 0 Å². The third kappa shape index (κ3) is 3.08. The van der Waals surface area contributed by atoms with Crippen LogP contribution in [0.5, 0.6) is 0 Å². The minimum absolute atomic E-state index is 0.0561. The molecular formula is C14H23NO4. The maximum absolute atomic E-state index is 12.1. The van der Waals surface area contributed by atoms with E-state index >= 15 is 0 Å². The van der Waals surface area contributed by atoms with Crippen LogP contribution in [0.4, 0.5) is 0 Å². The van der Waals surface area contributed by atoms with Crippen molar-refractivity contribution in [2.24, 2.45) is 11.8 Å². The van der Waals surface area contributed by atoms with Crippen molar-refractivity contribution in [2.45, 2.75) is 39.2 Å². The molecule has 5 heteroatoms. The number of hydrogen-bond donors (Lipinski definition) is 0. The van der Waals surface area contributed by atoms with Crippen molar-refractivity contribution in [3.63, 3.8) is 0 Å². The molecule has 0 aromatic heterocycles. The molecule has 3 aliphatic heterocycles. The smallest absolute Gasteiger partial charge is 0.323 e. The lowest BCUT2D eigenvalue weighted by atomic mass is 9.72. The normalized spacial score (nSPS) is 32.9. The molecule has 3 saturated heterocycles. The van der Waals surface area contributed by atoms with Gasteiger partial charge in [-0.25, -0.2) is 0 Å². The van der Waals surface area contributed by atoms with Gasteiger partial charge in [-0.1, -0.05) is 0 Å². The predicted molar refractivity (Wildman–Crippen MR) is 69.5 cm³/mol. The molecule has 2 bridgehead atoms. The van der Waals surface area contributed by atoms with Gasteiger partial charge in [0.25, 0.3) is 0 Å². The van der Waals surface area contributed by atoms with Gasteiger partial charge in [-0.05, 0) is 51.6 Å². The zero-order chi connectivity index (χ0) is 13.8. The number of ether oxygens (including phenoxy) is 2. The Balaban J connectivity index is 2.07. The lowest BCUT2D eigenvalue weighted by Crippen LogP contribution is -2.58. The number of piperidine rings is 3. The van der Waals surface area contributed by atoms with Crippen LogP contribution in [0, 0.1) is 11.8 Å². The summed E-state index contributed by atoms with van der Waals surface area (Å²) in [5.74, 6) is 0.126. The Labute approximate surface area is 114 Å². The Morgan fingerprint density at radius 3 is 2.32 bits per heavy atom. The standard InChI is InChI=1S/C14H23NO4/c1-3-18-12(16)9-11-10-5-7-15(8-6-10)13(11)14(17)19-4-2/h10-11,13H,3-9H2,1-2H3. The van der Waals surface area contributed by atoms with Crippen LogP contribution >= 0.6 is 0 Å². The number of nitrogens with zero attached hydrogens (tertiary/aromatic N) is 1. The maximum atomic E-state index is 12.1. The lowest BCUT2D eigenvalue weighted by molar-refractivity contribution is -0.162. The minimum Gasteiger partial charge on any atom is -0.466 e. The van der Waals surface area contributed by atoms with Crippen molar-refractivity contribution in [2.75, 3.05) is 26.3 Å². The molecule has 2 atom stereocenters. The van der Waals surface area contributed by atoms with Crippen LogP contribution in [-0.2, 0) is 19.1 Å². The quantitative estimate of drug-likeness (QED) is 0.702. The van der Waals surface area contributed by atoms with E-state index in [9.17, 15) is 9.59 Å². The molecular weight excluding hydrogens is 246 g/mol. The Bertz CT molecular complexity index is 336. The van der Waals surface area contributed by atoms with E-state index in [2.05, 4.69) is 4.90 Å². The summed E-state index contributed by atoms with van der Waals surface area (Å²) in [5.41, 5.74) is 0. The Morgan fingerprint density at radius 2 is 1.74 bits per heavy atom. The van der Waals surface area contributed by atoms with Gasteiger partial charge in [0.15, 0.2) is 0 Å². The Morgan fingerprint density at radius 1 is 1.11 bits per heavy atom. The number of carbonyl (C=O) groups excluding carboxylic acids is 2. The molecule has 3 fully saturated rings. The molecule has 0 radical (unpaired) electrons. The van der Waals surface area contributed by atoms with E-state index in [0.717, 1.165) is 25.9 Å². The van der Waals surface area contributed by atoms with E-state index in [1.807, 2.05) is 6.92 Å². The van der Waals surface area contributed by atoms with Crippen molar-refractivity contribution < 1.29 is 19.1 Å². The van der Waals surface area contributed by atoms with E-state index in [4.69, 9.17) is 9.47 Å². The van der Waals surface area contributed by atoms with Crippen LogP contribution in [-0.4, -0.2) is 49.2 Å². The first kappa shape index (κ1) is 14.3. The molecule has 0 amide bonds. The third-order valence-corrected chi connectivity index (χ3v) is 4.21. The van der Waals surface area contributed by atoms with Gasteiger partial charge in [-0.15, -0.1) is 0 Å². The van der Waals surface area contributed by atoms with Crippen LogP contribution in [0.25, 0.3) is 0 Å². The highest BCUT2D eigenvalue weighted by Gasteiger charge is 2.47. The van der Waals surface area contributed by atoms with Gasteiger partial charge >= 0.3 is 11.9 Å². The summed E-state index contributed by atoms with van der Waals surface area (Å²) < 4.78 is 10.2. The molecule has 0 aromatic rings. The number of hydrogen-bond acceptors (Lipinski definition) is 5. The fourth-order valence-electron chi connectivity index (χ4n) is 3.40. The summed E-state index contributed by atoms with van der Waals surface area (Å²) in [5, 5.41) is 0. The zero-order valence-corrected chi connectivity index (χ0v) is 11.8. The summed E-state index contributed by atoms with van der Waals surface area (Å²) in [6, 6.07) is -0.253. The summed E-state index contributed by atoms with van der Waals surface area (Å²) in [6.07, 6.45) is 2.47. The van der Waals surface area contributed by atoms with E-state index in [-0.39, 0.29) is 23.9 Å². The van der Waals surface area contributed by atoms with Gasteiger partial charge in [0.05, 0.1) is 19.6 Å². The first-order valence-electron chi connectivity index (χ1n) is 7.23. The lowest BCUT2D eigenvalue weighted by Gasteiger charge is -2.49. The molecule has 2 unspecified atom stereocenters.